The maximum absolute atomic E-state index is 13.3. The van der Waals surface area contributed by atoms with Crippen LogP contribution >= 0.6 is 0 Å². The molecular formula is C26H29N3O4S. The molecule has 0 unspecified atom stereocenters. The highest BCUT2D eigenvalue weighted by atomic mass is 32.2. The summed E-state index contributed by atoms with van der Waals surface area (Å²) in [5.41, 5.74) is 2.03. The van der Waals surface area contributed by atoms with Crippen LogP contribution in [0.4, 0.5) is 11.4 Å². The molecule has 0 spiro atoms. The van der Waals surface area contributed by atoms with Gasteiger partial charge in [-0.15, -0.1) is 0 Å². The number of hydrogen-bond donors (Lipinski definition) is 0. The molecule has 4 rings (SSSR count). The minimum atomic E-state index is -3.79. The van der Waals surface area contributed by atoms with Gasteiger partial charge in [0.25, 0.3) is 15.9 Å². The number of hydrogen-bond acceptors (Lipinski definition) is 5. The molecule has 178 valence electrons. The third kappa shape index (κ3) is 5.02. The van der Waals surface area contributed by atoms with Gasteiger partial charge in [0.2, 0.25) is 0 Å². The standard InChI is InChI=1S/C26H29N3O4S/c1-27(22-9-4-3-5-10-22)34(31,32)25-11-6-8-21(20-25)26(30)29-17-7-16-28(18-19-29)23-12-14-24(33-2)15-13-23/h3-6,8-15,20H,7,16-19H2,1-2H3. The van der Waals surface area contributed by atoms with Gasteiger partial charge in [0.1, 0.15) is 5.75 Å². The SMILES string of the molecule is COc1ccc(N2CCCN(C(=O)c3cccc(S(=O)(=O)N(C)c4ccccc4)c3)CC2)cc1. The molecular weight excluding hydrogens is 450 g/mol. The fourth-order valence-corrected chi connectivity index (χ4v) is 5.32. The highest BCUT2D eigenvalue weighted by Gasteiger charge is 2.25. The zero-order chi connectivity index (χ0) is 24.1. The van der Waals surface area contributed by atoms with Crippen molar-refractivity contribution in [1.29, 1.82) is 0 Å². The van der Waals surface area contributed by atoms with Crippen molar-refractivity contribution in [3.8, 4) is 5.75 Å². The van der Waals surface area contributed by atoms with E-state index >= 15 is 0 Å². The largest absolute Gasteiger partial charge is 0.497 e. The fourth-order valence-electron chi connectivity index (χ4n) is 4.08. The van der Waals surface area contributed by atoms with Crippen molar-refractivity contribution in [3.05, 3.63) is 84.4 Å². The molecule has 1 aliphatic heterocycles. The molecule has 0 N–H and O–H groups in total. The summed E-state index contributed by atoms with van der Waals surface area (Å²) in [7, 11) is -0.634. The molecule has 1 amide bonds. The van der Waals surface area contributed by atoms with Crippen LogP contribution in [0, 0.1) is 0 Å². The van der Waals surface area contributed by atoms with Crippen LogP contribution < -0.4 is 13.9 Å². The number of para-hydroxylation sites is 1. The van der Waals surface area contributed by atoms with E-state index in [0.717, 1.165) is 24.4 Å². The molecule has 1 saturated heterocycles. The van der Waals surface area contributed by atoms with E-state index in [4.69, 9.17) is 4.74 Å². The Bertz CT molecular complexity index is 1230. The second-order valence-electron chi connectivity index (χ2n) is 8.17. The zero-order valence-electron chi connectivity index (χ0n) is 19.4. The Balaban J connectivity index is 1.48. The predicted octanol–water partition coefficient (Wildman–Crippen LogP) is 3.87. The third-order valence-electron chi connectivity index (χ3n) is 6.08. The van der Waals surface area contributed by atoms with E-state index in [0.29, 0.717) is 30.9 Å². The number of methoxy groups -OCH3 is 1. The van der Waals surface area contributed by atoms with Crippen LogP contribution in [0.1, 0.15) is 16.8 Å². The number of rotatable bonds is 6. The highest BCUT2D eigenvalue weighted by Crippen LogP contribution is 2.24. The Morgan fingerprint density at radius 1 is 0.882 bits per heavy atom. The number of anilines is 2. The van der Waals surface area contributed by atoms with Gasteiger partial charge in [-0.25, -0.2) is 8.42 Å². The number of nitrogens with zero attached hydrogens (tertiary/aromatic N) is 3. The van der Waals surface area contributed by atoms with Gasteiger partial charge in [0, 0.05) is 44.5 Å². The van der Waals surface area contributed by atoms with E-state index in [-0.39, 0.29) is 10.8 Å². The highest BCUT2D eigenvalue weighted by molar-refractivity contribution is 7.92. The Kier molecular flexibility index (Phi) is 7.07. The van der Waals surface area contributed by atoms with Crippen LogP contribution in [0.15, 0.2) is 83.8 Å². The Labute approximate surface area is 201 Å². The van der Waals surface area contributed by atoms with E-state index in [1.54, 1.807) is 48.4 Å². The van der Waals surface area contributed by atoms with Crippen molar-refractivity contribution in [2.75, 3.05) is 49.5 Å². The molecule has 0 saturated carbocycles. The average Bonchev–Trinajstić information content (AvgIpc) is 3.15. The lowest BCUT2D eigenvalue weighted by Crippen LogP contribution is -2.35. The van der Waals surface area contributed by atoms with E-state index < -0.39 is 10.0 Å². The number of carbonyl (C=O) groups is 1. The molecule has 34 heavy (non-hydrogen) atoms. The van der Waals surface area contributed by atoms with Crippen molar-refractivity contribution in [2.45, 2.75) is 11.3 Å². The van der Waals surface area contributed by atoms with Crippen LogP contribution in [0.5, 0.6) is 5.75 Å². The first kappa shape index (κ1) is 23.6. The summed E-state index contributed by atoms with van der Waals surface area (Å²) < 4.78 is 32.8. The molecule has 0 atom stereocenters. The summed E-state index contributed by atoms with van der Waals surface area (Å²) in [6.07, 6.45) is 0.826. The molecule has 1 fully saturated rings. The van der Waals surface area contributed by atoms with Crippen LogP contribution in [-0.4, -0.2) is 59.6 Å². The van der Waals surface area contributed by atoms with E-state index in [9.17, 15) is 13.2 Å². The van der Waals surface area contributed by atoms with Crippen LogP contribution in [0.25, 0.3) is 0 Å². The van der Waals surface area contributed by atoms with E-state index in [1.165, 1.54) is 23.5 Å². The quantitative estimate of drug-likeness (QED) is 0.537. The lowest BCUT2D eigenvalue weighted by molar-refractivity contribution is 0.0766. The van der Waals surface area contributed by atoms with Gasteiger partial charge >= 0.3 is 0 Å². The van der Waals surface area contributed by atoms with Gasteiger partial charge in [-0.3, -0.25) is 9.10 Å². The summed E-state index contributed by atoms with van der Waals surface area (Å²) in [5, 5.41) is 0. The second-order valence-corrected chi connectivity index (χ2v) is 10.1. The molecule has 3 aromatic carbocycles. The van der Waals surface area contributed by atoms with Crippen molar-refractivity contribution in [2.24, 2.45) is 0 Å². The Morgan fingerprint density at radius 3 is 2.32 bits per heavy atom. The van der Waals surface area contributed by atoms with Crippen LogP contribution in [-0.2, 0) is 10.0 Å². The molecule has 7 nitrogen and oxygen atoms in total. The lowest BCUT2D eigenvalue weighted by atomic mass is 10.2. The summed E-state index contributed by atoms with van der Waals surface area (Å²) in [4.78, 5) is 17.4. The van der Waals surface area contributed by atoms with Crippen LogP contribution in [0.2, 0.25) is 0 Å². The van der Waals surface area contributed by atoms with Gasteiger partial charge in [-0.2, -0.15) is 0 Å². The number of carbonyl (C=O) groups excluding carboxylic acids is 1. The normalized spacial score (nSPS) is 14.4. The average molecular weight is 480 g/mol. The summed E-state index contributed by atoms with van der Waals surface area (Å²) >= 11 is 0. The molecule has 0 aliphatic carbocycles. The van der Waals surface area contributed by atoms with E-state index in [2.05, 4.69) is 4.90 Å². The van der Waals surface area contributed by atoms with Crippen LogP contribution in [0.3, 0.4) is 0 Å². The molecule has 8 heteroatoms. The predicted molar refractivity (Wildman–Crippen MR) is 134 cm³/mol. The van der Waals surface area contributed by atoms with Gasteiger partial charge in [0.05, 0.1) is 17.7 Å². The van der Waals surface area contributed by atoms with Crippen molar-refractivity contribution < 1.29 is 17.9 Å². The number of benzene rings is 3. The van der Waals surface area contributed by atoms with Gasteiger partial charge in [0.15, 0.2) is 0 Å². The summed E-state index contributed by atoms with van der Waals surface area (Å²) in [6.45, 7) is 2.72. The van der Waals surface area contributed by atoms with Gasteiger partial charge < -0.3 is 14.5 Å². The number of ether oxygens (including phenoxy) is 1. The molecule has 0 bridgehead atoms. The third-order valence-corrected chi connectivity index (χ3v) is 7.86. The van der Waals surface area contributed by atoms with Crippen molar-refractivity contribution in [1.82, 2.24) is 4.90 Å². The first-order chi connectivity index (χ1) is 16.4. The first-order valence-electron chi connectivity index (χ1n) is 11.2. The monoisotopic (exact) mass is 479 g/mol. The topological polar surface area (TPSA) is 70.2 Å². The molecule has 0 aromatic heterocycles. The minimum Gasteiger partial charge on any atom is -0.497 e. The molecule has 3 aromatic rings. The first-order valence-corrected chi connectivity index (χ1v) is 12.7. The van der Waals surface area contributed by atoms with Gasteiger partial charge in [-0.05, 0) is 61.0 Å². The number of amides is 1. The molecule has 0 radical (unpaired) electrons. The lowest BCUT2D eigenvalue weighted by Gasteiger charge is -2.24. The van der Waals surface area contributed by atoms with Gasteiger partial charge in [-0.1, -0.05) is 24.3 Å². The molecule has 1 heterocycles. The second kappa shape index (κ2) is 10.2. The summed E-state index contributed by atoms with van der Waals surface area (Å²) in [6, 6.07) is 23.1. The van der Waals surface area contributed by atoms with Crippen molar-refractivity contribution in [3.63, 3.8) is 0 Å². The fraction of sp³-hybridized carbons (Fsp3) is 0.269. The maximum atomic E-state index is 13.3. The minimum absolute atomic E-state index is 0.0967. The summed E-state index contributed by atoms with van der Waals surface area (Å²) in [5.74, 6) is 0.652. The zero-order valence-corrected chi connectivity index (χ0v) is 20.2. The Morgan fingerprint density at radius 2 is 1.62 bits per heavy atom. The molecule has 1 aliphatic rings. The smallest absolute Gasteiger partial charge is 0.264 e. The van der Waals surface area contributed by atoms with E-state index in [1.807, 2.05) is 30.3 Å². The Hall–Kier alpha value is -3.52. The number of sulfonamides is 1. The van der Waals surface area contributed by atoms with Crippen molar-refractivity contribution >= 4 is 27.3 Å². The maximum Gasteiger partial charge on any atom is 0.264 e.